The molecule has 1 saturated heterocycles. The van der Waals surface area contributed by atoms with Crippen LogP contribution in [0.2, 0.25) is 0 Å². The second-order valence-electron chi connectivity index (χ2n) is 8.55. The van der Waals surface area contributed by atoms with E-state index in [0.29, 0.717) is 18.9 Å². The first-order valence-corrected chi connectivity index (χ1v) is 11.7. The molecule has 3 heterocycles. The molecule has 0 saturated carbocycles. The van der Waals surface area contributed by atoms with Crippen molar-refractivity contribution in [2.24, 2.45) is 0 Å². The number of nitrogens with zero attached hydrogens (tertiary/aromatic N) is 2. The van der Waals surface area contributed by atoms with Crippen molar-refractivity contribution in [1.82, 2.24) is 14.8 Å². The summed E-state index contributed by atoms with van der Waals surface area (Å²) in [6, 6.07) is 18.3. The van der Waals surface area contributed by atoms with Crippen LogP contribution in [0.4, 0.5) is 4.79 Å². The van der Waals surface area contributed by atoms with E-state index in [0.717, 1.165) is 39.1 Å². The van der Waals surface area contributed by atoms with E-state index in [9.17, 15) is 14.4 Å². The highest BCUT2D eigenvalue weighted by Crippen LogP contribution is 2.26. The van der Waals surface area contributed by atoms with Crippen molar-refractivity contribution in [3.63, 3.8) is 0 Å². The predicted octanol–water partition coefficient (Wildman–Crippen LogP) is 4.67. The lowest BCUT2D eigenvalue weighted by atomic mass is 10.1. The number of rotatable bonds is 8. The highest BCUT2D eigenvalue weighted by Gasteiger charge is 2.36. The molecule has 1 aliphatic rings. The molecule has 0 bridgehead atoms. The van der Waals surface area contributed by atoms with Crippen molar-refractivity contribution in [2.75, 3.05) is 6.61 Å². The summed E-state index contributed by atoms with van der Waals surface area (Å²) in [4.78, 5) is 39.0. The highest BCUT2D eigenvalue weighted by atomic mass is 16.5. The fraction of sp³-hybridized carbons (Fsp3) is 0.179. The number of hydrogen-bond acceptors (Lipinski definition) is 5. The van der Waals surface area contributed by atoms with E-state index in [4.69, 9.17) is 9.15 Å². The van der Waals surface area contributed by atoms with Crippen LogP contribution in [-0.4, -0.2) is 33.9 Å². The summed E-state index contributed by atoms with van der Waals surface area (Å²) < 4.78 is 13.3. The van der Waals surface area contributed by atoms with Gasteiger partial charge < -0.3 is 13.7 Å². The third kappa shape index (κ3) is 4.65. The summed E-state index contributed by atoms with van der Waals surface area (Å²) in [5.74, 6) is -0.0692. The number of para-hydroxylation sites is 2. The van der Waals surface area contributed by atoms with E-state index >= 15 is 0 Å². The van der Waals surface area contributed by atoms with Gasteiger partial charge in [-0.1, -0.05) is 36.4 Å². The van der Waals surface area contributed by atoms with Gasteiger partial charge in [0.2, 0.25) is 0 Å². The molecule has 36 heavy (non-hydrogen) atoms. The number of furan rings is 1. The minimum absolute atomic E-state index is 0.0645. The maximum atomic E-state index is 13.1. The van der Waals surface area contributed by atoms with Gasteiger partial charge in [0.05, 0.1) is 19.4 Å². The van der Waals surface area contributed by atoms with Crippen LogP contribution in [0, 0.1) is 6.92 Å². The lowest BCUT2D eigenvalue weighted by Crippen LogP contribution is -2.53. The number of fused-ring (bicyclic) bond motifs is 1. The summed E-state index contributed by atoms with van der Waals surface area (Å²) in [7, 11) is 0. The maximum Gasteiger partial charge on any atom is 0.331 e. The van der Waals surface area contributed by atoms with Crippen molar-refractivity contribution >= 4 is 34.8 Å². The van der Waals surface area contributed by atoms with Gasteiger partial charge in [0.15, 0.2) is 0 Å². The zero-order valence-electron chi connectivity index (χ0n) is 19.8. The molecule has 2 aromatic carbocycles. The van der Waals surface area contributed by atoms with Crippen LogP contribution >= 0.6 is 0 Å². The van der Waals surface area contributed by atoms with Gasteiger partial charge in [0.25, 0.3) is 11.8 Å². The van der Waals surface area contributed by atoms with E-state index < -0.39 is 17.8 Å². The first-order chi connectivity index (χ1) is 17.5. The van der Waals surface area contributed by atoms with E-state index in [2.05, 4.69) is 9.88 Å². The highest BCUT2D eigenvalue weighted by molar-refractivity contribution is 6.31. The van der Waals surface area contributed by atoms with Gasteiger partial charge in [-0.25, -0.2) is 4.79 Å². The SMILES string of the molecule is Cc1ccccc1OCCCn1cc(/C=C2/C(=O)NC(=O)N(Cc3ccco3)C2=O)c2ccccc21. The number of barbiturate groups is 1. The first-order valence-electron chi connectivity index (χ1n) is 11.7. The Kier molecular flexibility index (Phi) is 6.40. The van der Waals surface area contributed by atoms with Crippen LogP contribution < -0.4 is 10.1 Å². The molecule has 0 radical (unpaired) electrons. The third-order valence-electron chi connectivity index (χ3n) is 6.09. The van der Waals surface area contributed by atoms with Crippen molar-refractivity contribution in [1.29, 1.82) is 0 Å². The second-order valence-corrected chi connectivity index (χ2v) is 8.55. The Balaban J connectivity index is 1.37. The van der Waals surface area contributed by atoms with E-state index in [1.54, 1.807) is 18.2 Å². The average Bonchev–Trinajstić information content (AvgIpc) is 3.51. The van der Waals surface area contributed by atoms with Crippen LogP contribution in [-0.2, 0) is 22.7 Å². The predicted molar refractivity (Wildman–Crippen MR) is 134 cm³/mol. The van der Waals surface area contributed by atoms with Gasteiger partial charge in [-0.05, 0) is 49.2 Å². The largest absolute Gasteiger partial charge is 0.493 e. The fourth-order valence-electron chi connectivity index (χ4n) is 4.26. The molecule has 1 aliphatic heterocycles. The molecule has 4 aromatic rings. The third-order valence-corrected chi connectivity index (χ3v) is 6.09. The molecule has 1 fully saturated rings. The summed E-state index contributed by atoms with van der Waals surface area (Å²) in [6.45, 7) is 3.20. The van der Waals surface area contributed by atoms with Gasteiger partial charge in [-0.15, -0.1) is 0 Å². The fourth-order valence-corrected chi connectivity index (χ4v) is 4.26. The number of hydrogen-bond donors (Lipinski definition) is 1. The molecular formula is C28H25N3O5. The summed E-state index contributed by atoms with van der Waals surface area (Å²) in [6.07, 6.45) is 5.69. The smallest absolute Gasteiger partial charge is 0.331 e. The molecule has 1 N–H and O–H groups in total. The number of urea groups is 1. The molecule has 2 aromatic heterocycles. The summed E-state index contributed by atoms with van der Waals surface area (Å²) >= 11 is 0. The van der Waals surface area contributed by atoms with Crippen LogP contribution in [0.5, 0.6) is 5.75 Å². The minimum atomic E-state index is -0.769. The Bertz CT molecular complexity index is 1470. The Hall–Kier alpha value is -4.59. The van der Waals surface area contributed by atoms with Gasteiger partial charge in [-0.2, -0.15) is 0 Å². The Morgan fingerprint density at radius 1 is 1.00 bits per heavy atom. The van der Waals surface area contributed by atoms with Gasteiger partial charge in [0, 0.05) is 29.2 Å². The van der Waals surface area contributed by atoms with Crippen molar-refractivity contribution in [3.05, 3.63) is 95.6 Å². The van der Waals surface area contributed by atoms with Crippen LogP contribution in [0.1, 0.15) is 23.3 Å². The normalized spacial score (nSPS) is 15.1. The molecule has 0 spiro atoms. The number of benzene rings is 2. The molecule has 8 heteroatoms. The van der Waals surface area contributed by atoms with Gasteiger partial charge in [0.1, 0.15) is 17.1 Å². The molecular weight excluding hydrogens is 458 g/mol. The first kappa shape index (κ1) is 23.2. The minimum Gasteiger partial charge on any atom is -0.493 e. The quantitative estimate of drug-likeness (QED) is 0.223. The number of aromatic nitrogens is 1. The number of nitrogens with one attached hydrogen (secondary N) is 1. The molecule has 0 unspecified atom stereocenters. The molecule has 8 nitrogen and oxygen atoms in total. The van der Waals surface area contributed by atoms with Crippen LogP contribution in [0.15, 0.2) is 83.1 Å². The summed E-state index contributed by atoms with van der Waals surface area (Å²) in [5, 5.41) is 3.16. The standard InChI is InChI=1S/C28H25N3O5/c1-19-8-2-5-12-25(19)36-15-7-13-30-17-20(22-10-3-4-11-24(22)30)16-23-26(32)29-28(34)31(27(23)33)18-21-9-6-14-35-21/h2-6,8-12,14,16-17H,7,13,15,18H2,1H3,(H,29,32,34)/b23-16-. The van der Waals surface area contributed by atoms with Crippen molar-refractivity contribution < 1.29 is 23.5 Å². The average molecular weight is 484 g/mol. The summed E-state index contributed by atoms with van der Waals surface area (Å²) in [5.41, 5.74) is 2.68. The zero-order chi connectivity index (χ0) is 25.1. The molecule has 4 amide bonds. The van der Waals surface area contributed by atoms with E-state index in [1.807, 2.05) is 61.7 Å². The Morgan fingerprint density at radius 2 is 1.81 bits per heavy atom. The van der Waals surface area contributed by atoms with E-state index in [-0.39, 0.29) is 12.1 Å². The number of ether oxygens (including phenoxy) is 1. The Labute approximate surface area is 207 Å². The number of aryl methyl sites for hydroxylation is 2. The molecule has 0 aliphatic carbocycles. The monoisotopic (exact) mass is 483 g/mol. The number of imide groups is 2. The van der Waals surface area contributed by atoms with Crippen molar-refractivity contribution in [2.45, 2.75) is 26.4 Å². The zero-order valence-corrected chi connectivity index (χ0v) is 19.8. The van der Waals surface area contributed by atoms with Crippen LogP contribution in [0.25, 0.3) is 17.0 Å². The van der Waals surface area contributed by atoms with Crippen molar-refractivity contribution in [3.8, 4) is 5.75 Å². The maximum absolute atomic E-state index is 13.1. The lowest BCUT2D eigenvalue weighted by Gasteiger charge is -2.25. The topological polar surface area (TPSA) is 93.8 Å². The number of amides is 4. The Morgan fingerprint density at radius 3 is 2.61 bits per heavy atom. The van der Waals surface area contributed by atoms with Gasteiger partial charge >= 0.3 is 6.03 Å². The van der Waals surface area contributed by atoms with Gasteiger partial charge in [-0.3, -0.25) is 19.8 Å². The second kappa shape index (κ2) is 9.95. The number of carbonyl (C=O) groups excluding carboxylic acids is 3. The lowest BCUT2D eigenvalue weighted by molar-refractivity contribution is -0.130. The van der Waals surface area contributed by atoms with E-state index in [1.165, 1.54) is 6.26 Å². The number of carbonyl (C=O) groups is 3. The molecule has 5 rings (SSSR count). The molecule has 0 atom stereocenters. The van der Waals surface area contributed by atoms with Crippen LogP contribution in [0.3, 0.4) is 0 Å². The molecule has 182 valence electrons.